The van der Waals surface area contributed by atoms with Gasteiger partial charge in [0.15, 0.2) is 0 Å². The van der Waals surface area contributed by atoms with Crippen LogP contribution in [0, 0.1) is 6.92 Å². The molecule has 1 aromatic heterocycles. The average molecular weight is 411 g/mol. The smallest absolute Gasteiger partial charge is 0.223 e. The summed E-state index contributed by atoms with van der Waals surface area (Å²) in [7, 11) is 0. The zero-order chi connectivity index (χ0) is 21.1. The normalized spacial score (nSPS) is 20.6. The Hall–Kier alpha value is -2.27. The van der Waals surface area contributed by atoms with Gasteiger partial charge in [0.05, 0.1) is 6.54 Å². The van der Waals surface area contributed by atoms with Crippen molar-refractivity contribution in [2.24, 2.45) is 0 Å². The fourth-order valence-electron chi connectivity index (χ4n) is 5.06. The molecule has 2 aliphatic rings. The fraction of sp³-hybridized carbons (Fsp3) is 0.560. The van der Waals surface area contributed by atoms with E-state index in [2.05, 4.69) is 43.0 Å². The highest BCUT2D eigenvalue weighted by Gasteiger charge is 2.43. The van der Waals surface area contributed by atoms with Crippen molar-refractivity contribution < 1.29 is 13.9 Å². The molecule has 0 N–H and O–H groups in total. The van der Waals surface area contributed by atoms with Crippen molar-refractivity contribution in [2.45, 2.75) is 64.5 Å². The molecule has 0 saturated carbocycles. The number of carbonyl (C=O) groups is 1. The molecule has 4 rings (SSSR count). The largest absolute Gasteiger partial charge is 0.487 e. The number of nitrogens with zero attached hydrogens (tertiary/aromatic N) is 2. The van der Waals surface area contributed by atoms with E-state index < -0.39 is 0 Å². The van der Waals surface area contributed by atoms with Gasteiger partial charge in [-0.15, -0.1) is 0 Å². The van der Waals surface area contributed by atoms with Crippen molar-refractivity contribution in [2.75, 3.05) is 26.2 Å². The quantitative estimate of drug-likeness (QED) is 0.690. The second-order valence-electron chi connectivity index (χ2n) is 8.78. The van der Waals surface area contributed by atoms with Crippen LogP contribution in [-0.4, -0.2) is 47.5 Å². The molecule has 162 valence electrons. The molecule has 5 nitrogen and oxygen atoms in total. The number of ether oxygens (including phenoxy) is 1. The molecule has 1 fully saturated rings. The van der Waals surface area contributed by atoms with Crippen LogP contribution in [0.4, 0.5) is 0 Å². The number of hydrogen-bond donors (Lipinski definition) is 0. The number of likely N-dealkylation sites (tertiary alicyclic amines) is 1. The predicted molar refractivity (Wildman–Crippen MR) is 118 cm³/mol. The molecule has 2 aliphatic heterocycles. The van der Waals surface area contributed by atoms with Crippen molar-refractivity contribution in [3.63, 3.8) is 0 Å². The Labute approximate surface area is 180 Å². The van der Waals surface area contributed by atoms with Crippen molar-refractivity contribution in [1.29, 1.82) is 0 Å². The highest BCUT2D eigenvalue weighted by atomic mass is 16.5. The molecule has 0 bridgehead atoms. The summed E-state index contributed by atoms with van der Waals surface area (Å²) in [6, 6.07) is 12.4. The molecule has 1 amide bonds. The SMILES string of the molecule is CCN(CC)C(=O)C[C@H]1CC2(CCN(Cc3ccc(C)o3)CC2)Oc2ccccc21. The predicted octanol–water partition coefficient (Wildman–Crippen LogP) is 4.75. The molecule has 0 aliphatic carbocycles. The Morgan fingerprint density at radius 2 is 1.87 bits per heavy atom. The minimum absolute atomic E-state index is 0.169. The van der Waals surface area contributed by atoms with Crippen LogP contribution in [0.25, 0.3) is 0 Å². The number of hydrogen-bond acceptors (Lipinski definition) is 4. The maximum Gasteiger partial charge on any atom is 0.223 e. The van der Waals surface area contributed by atoms with E-state index >= 15 is 0 Å². The van der Waals surface area contributed by atoms with Gasteiger partial charge in [-0.2, -0.15) is 0 Å². The first-order chi connectivity index (χ1) is 14.5. The van der Waals surface area contributed by atoms with Gasteiger partial charge in [0.2, 0.25) is 5.91 Å². The van der Waals surface area contributed by atoms with E-state index in [1.807, 2.05) is 24.0 Å². The molecule has 2 aromatic rings. The molecule has 5 heteroatoms. The Morgan fingerprint density at radius 1 is 1.13 bits per heavy atom. The van der Waals surface area contributed by atoms with E-state index in [0.717, 1.165) is 69.3 Å². The number of benzene rings is 1. The number of amides is 1. The first-order valence-electron chi connectivity index (χ1n) is 11.4. The number of rotatable bonds is 6. The zero-order valence-electron chi connectivity index (χ0n) is 18.5. The Bertz CT molecular complexity index is 863. The molecule has 1 spiro atoms. The fourth-order valence-corrected chi connectivity index (χ4v) is 5.06. The van der Waals surface area contributed by atoms with Gasteiger partial charge < -0.3 is 14.1 Å². The van der Waals surface area contributed by atoms with Crippen LogP contribution in [0.2, 0.25) is 0 Å². The van der Waals surface area contributed by atoms with Crippen molar-refractivity contribution >= 4 is 5.91 Å². The summed E-state index contributed by atoms with van der Waals surface area (Å²) in [5.74, 6) is 3.44. The summed E-state index contributed by atoms with van der Waals surface area (Å²) in [6.07, 6.45) is 3.46. The maximum absolute atomic E-state index is 12.9. The summed E-state index contributed by atoms with van der Waals surface area (Å²) in [6.45, 7) is 10.5. The Kier molecular flexibility index (Phi) is 6.19. The molecule has 30 heavy (non-hydrogen) atoms. The summed E-state index contributed by atoms with van der Waals surface area (Å²) in [5.41, 5.74) is 1.02. The van der Waals surface area contributed by atoms with Gasteiger partial charge >= 0.3 is 0 Å². The molecule has 0 unspecified atom stereocenters. The summed E-state index contributed by atoms with van der Waals surface area (Å²) in [5, 5.41) is 0. The van der Waals surface area contributed by atoms with Crippen molar-refractivity contribution in [3.8, 4) is 5.75 Å². The Balaban J connectivity index is 1.46. The second kappa shape index (κ2) is 8.84. The number of piperidine rings is 1. The van der Waals surface area contributed by atoms with Crippen LogP contribution in [0.1, 0.15) is 62.5 Å². The van der Waals surface area contributed by atoms with Crippen LogP contribution in [-0.2, 0) is 11.3 Å². The third kappa shape index (κ3) is 4.41. The minimum atomic E-state index is -0.169. The van der Waals surface area contributed by atoms with E-state index in [0.29, 0.717) is 6.42 Å². The van der Waals surface area contributed by atoms with Gasteiger partial charge in [-0.1, -0.05) is 18.2 Å². The monoisotopic (exact) mass is 410 g/mol. The van der Waals surface area contributed by atoms with E-state index in [-0.39, 0.29) is 17.4 Å². The van der Waals surface area contributed by atoms with E-state index in [4.69, 9.17) is 9.15 Å². The molecular formula is C25H34N2O3. The van der Waals surface area contributed by atoms with E-state index in [1.165, 1.54) is 5.56 Å². The third-order valence-corrected chi connectivity index (χ3v) is 6.78. The van der Waals surface area contributed by atoms with Gasteiger partial charge in [0.1, 0.15) is 22.9 Å². The van der Waals surface area contributed by atoms with Gasteiger partial charge in [0.25, 0.3) is 0 Å². The summed E-state index contributed by atoms with van der Waals surface area (Å²) >= 11 is 0. The highest BCUT2D eigenvalue weighted by molar-refractivity contribution is 5.77. The third-order valence-electron chi connectivity index (χ3n) is 6.78. The zero-order valence-corrected chi connectivity index (χ0v) is 18.5. The van der Waals surface area contributed by atoms with Crippen LogP contribution >= 0.6 is 0 Å². The van der Waals surface area contributed by atoms with Gasteiger partial charge in [-0.05, 0) is 63.8 Å². The van der Waals surface area contributed by atoms with Crippen molar-refractivity contribution in [1.82, 2.24) is 9.80 Å². The van der Waals surface area contributed by atoms with Gasteiger partial charge in [0, 0.05) is 38.5 Å². The first-order valence-corrected chi connectivity index (χ1v) is 11.4. The molecule has 0 radical (unpaired) electrons. The van der Waals surface area contributed by atoms with Crippen LogP contribution < -0.4 is 4.74 Å². The van der Waals surface area contributed by atoms with Crippen LogP contribution in [0.15, 0.2) is 40.8 Å². The minimum Gasteiger partial charge on any atom is -0.487 e. The number of fused-ring (bicyclic) bond motifs is 1. The molecule has 1 saturated heterocycles. The number of carbonyl (C=O) groups excluding carboxylic acids is 1. The lowest BCUT2D eigenvalue weighted by Crippen LogP contribution is -2.50. The topological polar surface area (TPSA) is 45.9 Å². The first kappa shape index (κ1) is 21.0. The molecule has 1 atom stereocenters. The lowest BCUT2D eigenvalue weighted by molar-refractivity contribution is -0.131. The van der Waals surface area contributed by atoms with Gasteiger partial charge in [-0.25, -0.2) is 0 Å². The lowest BCUT2D eigenvalue weighted by atomic mass is 9.76. The summed E-state index contributed by atoms with van der Waals surface area (Å²) < 4.78 is 12.4. The number of aryl methyl sites for hydroxylation is 1. The highest BCUT2D eigenvalue weighted by Crippen LogP contribution is 2.46. The molecule has 3 heterocycles. The van der Waals surface area contributed by atoms with Crippen molar-refractivity contribution in [3.05, 3.63) is 53.5 Å². The molecule has 1 aromatic carbocycles. The summed E-state index contributed by atoms with van der Waals surface area (Å²) in [4.78, 5) is 17.3. The van der Waals surface area contributed by atoms with Gasteiger partial charge in [-0.3, -0.25) is 9.69 Å². The second-order valence-corrected chi connectivity index (χ2v) is 8.78. The van der Waals surface area contributed by atoms with E-state index in [9.17, 15) is 4.79 Å². The lowest BCUT2D eigenvalue weighted by Gasteiger charge is -2.47. The van der Waals surface area contributed by atoms with Crippen LogP contribution in [0.5, 0.6) is 5.75 Å². The molecular weight excluding hydrogens is 376 g/mol. The van der Waals surface area contributed by atoms with E-state index in [1.54, 1.807) is 0 Å². The van der Waals surface area contributed by atoms with Crippen LogP contribution in [0.3, 0.4) is 0 Å². The number of para-hydroxylation sites is 1. The number of furan rings is 1. The standard InChI is InChI=1S/C25H34N2O3/c1-4-27(5-2)24(28)16-20-17-25(30-23-9-7-6-8-22(20)23)12-14-26(15-13-25)18-21-11-10-19(3)29-21/h6-11,20H,4-5,12-18H2,1-3H3/t20-/m0/s1. The average Bonchev–Trinajstić information content (AvgIpc) is 3.15. The maximum atomic E-state index is 12.9. The Morgan fingerprint density at radius 3 is 2.53 bits per heavy atom.